The molecule has 0 spiro atoms. The first-order valence-electron chi connectivity index (χ1n) is 6.71. The SMILES string of the molecule is CCCCc1ccc(C(=O)N[C@@H](CC)C(=O)O)cc1. The van der Waals surface area contributed by atoms with Crippen molar-refractivity contribution in [1.82, 2.24) is 5.32 Å². The number of carbonyl (C=O) groups is 2. The van der Waals surface area contributed by atoms with Gasteiger partial charge in [0.05, 0.1) is 0 Å². The Morgan fingerprint density at radius 1 is 1.21 bits per heavy atom. The Labute approximate surface area is 113 Å². The van der Waals surface area contributed by atoms with Gasteiger partial charge < -0.3 is 10.4 Å². The van der Waals surface area contributed by atoms with E-state index >= 15 is 0 Å². The van der Waals surface area contributed by atoms with Crippen molar-refractivity contribution in [3.8, 4) is 0 Å². The third-order valence-electron chi connectivity index (χ3n) is 3.05. The van der Waals surface area contributed by atoms with Crippen LogP contribution in [0.3, 0.4) is 0 Å². The summed E-state index contributed by atoms with van der Waals surface area (Å²) >= 11 is 0. The van der Waals surface area contributed by atoms with E-state index in [1.54, 1.807) is 19.1 Å². The van der Waals surface area contributed by atoms with Crippen molar-refractivity contribution in [2.75, 3.05) is 0 Å². The standard InChI is InChI=1S/C15H21NO3/c1-3-5-6-11-7-9-12(10-8-11)14(17)16-13(4-2)15(18)19/h7-10,13H,3-6H2,1-2H3,(H,16,17)(H,18,19)/t13-/m0/s1. The maximum Gasteiger partial charge on any atom is 0.326 e. The second-order valence-corrected chi connectivity index (χ2v) is 4.57. The minimum absolute atomic E-state index is 0.337. The smallest absolute Gasteiger partial charge is 0.326 e. The van der Waals surface area contributed by atoms with Gasteiger partial charge in [0.15, 0.2) is 0 Å². The predicted octanol–water partition coefficient (Wildman–Crippen LogP) is 2.62. The molecule has 1 amide bonds. The summed E-state index contributed by atoms with van der Waals surface area (Å²) in [4.78, 5) is 22.7. The minimum atomic E-state index is -1.00. The van der Waals surface area contributed by atoms with Crippen LogP contribution in [-0.2, 0) is 11.2 Å². The van der Waals surface area contributed by atoms with Gasteiger partial charge in [-0.15, -0.1) is 0 Å². The van der Waals surface area contributed by atoms with Crippen molar-refractivity contribution < 1.29 is 14.7 Å². The van der Waals surface area contributed by atoms with E-state index in [2.05, 4.69) is 12.2 Å². The first kappa shape index (κ1) is 15.2. The Balaban J connectivity index is 2.64. The lowest BCUT2D eigenvalue weighted by Gasteiger charge is -2.12. The van der Waals surface area contributed by atoms with Gasteiger partial charge in [-0.1, -0.05) is 32.4 Å². The van der Waals surface area contributed by atoms with Gasteiger partial charge in [0.25, 0.3) is 5.91 Å². The summed E-state index contributed by atoms with van der Waals surface area (Å²) in [5, 5.41) is 11.4. The summed E-state index contributed by atoms with van der Waals surface area (Å²) in [6.45, 7) is 3.87. The summed E-state index contributed by atoms with van der Waals surface area (Å²) < 4.78 is 0. The number of hydrogen-bond acceptors (Lipinski definition) is 2. The molecule has 0 aliphatic rings. The number of rotatable bonds is 7. The van der Waals surface area contributed by atoms with Gasteiger partial charge in [-0.3, -0.25) is 4.79 Å². The van der Waals surface area contributed by atoms with E-state index in [1.807, 2.05) is 12.1 Å². The van der Waals surface area contributed by atoms with E-state index in [0.29, 0.717) is 12.0 Å². The predicted molar refractivity (Wildman–Crippen MR) is 74.2 cm³/mol. The van der Waals surface area contributed by atoms with Gasteiger partial charge in [0, 0.05) is 5.56 Å². The first-order chi connectivity index (χ1) is 9.08. The van der Waals surface area contributed by atoms with Crippen molar-refractivity contribution in [1.29, 1.82) is 0 Å². The number of nitrogens with one attached hydrogen (secondary N) is 1. The molecule has 1 rings (SSSR count). The van der Waals surface area contributed by atoms with Crippen molar-refractivity contribution in [3.05, 3.63) is 35.4 Å². The van der Waals surface area contributed by atoms with Gasteiger partial charge in [0.2, 0.25) is 0 Å². The fourth-order valence-corrected chi connectivity index (χ4v) is 1.78. The fraction of sp³-hybridized carbons (Fsp3) is 0.467. The number of hydrogen-bond donors (Lipinski definition) is 2. The van der Waals surface area contributed by atoms with E-state index in [-0.39, 0.29) is 5.91 Å². The van der Waals surface area contributed by atoms with Crippen LogP contribution in [0, 0.1) is 0 Å². The Kier molecular flexibility index (Phi) is 6.06. The van der Waals surface area contributed by atoms with Gasteiger partial charge in [-0.05, 0) is 37.0 Å². The third kappa shape index (κ3) is 4.73. The molecule has 0 bridgehead atoms. The maximum absolute atomic E-state index is 11.9. The molecule has 1 aromatic rings. The van der Waals surface area contributed by atoms with Crippen molar-refractivity contribution in [2.45, 2.75) is 45.6 Å². The van der Waals surface area contributed by atoms with Crippen LogP contribution < -0.4 is 5.32 Å². The highest BCUT2D eigenvalue weighted by Gasteiger charge is 2.18. The lowest BCUT2D eigenvalue weighted by Crippen LogP contribution is -2.40. The minimum Gasteiger partial charge on any atom is -0.480 e. The number of carboxylic acid groups (broad SMARTS) is 1. The zero-order valence-corrected chi connectivity index (χ0v) is 11.5. The van der Waals surface area contributed by atoms with Crippen molar-refractivity contribution in [2.24, 2.45) is 0 Å². The third-order valence-corrected chi connectivity index (χ3v) is 3.05. The summed E-state index contributed by atoms with van der Waals surface area (Å²) in [6, 6.07) is 6.51. The van der Waals surface area contributed by atoms with Crippen LogP contribution in [0.5, 0.6) is 0 Å². The van der Waals surface area contributed by atoms with Crippen LogP contribution in [0.1, 0.15) is 49.0 Å². The van der Waals surface area contributed by atoms with Crippen LogP contribution >= 0.6 is 0 Å². The van der Waals surface area contributed by atoms with Crippen LogP contribution in [0.15, 0.2) is 24.3 Å². The molecule has 4 nitrogen and oxygen atoms in total. The second-order valence-electron chi connectivity index (χ2n) is 4.57. The molecular weight excluding hydrogens is 242 g/mol. The molecule has 0 saturated carbocycles. The average Bonchev–Trinajstić information content (AvgIpc) is 2.42. The summed E-state index contributed by atoms with van der Waals surface area (Å²) in [7, 11) is 0. The quantitative estimate of drug-likeness (QED) is 0.794. The Morgan fingerprint density at radius 2 is 1.84 bits per heavy atom. The zero-order chi connectivity index (χ0) is 14.3. The lowest BCUT2D eigenvalue weighted by atomic mass is 10.1. The molecule has 0 aromatic heterocycles. The molecule has 0 radical (unpaired) electrons. The van der Waals surface area contributed by atoms with Crippen molar-refractivity contribution in [3.63, 3.8) is 0 Å². The monoisotopic (exact) mass is 263 g/mol. The molecule has 0 saturated heterocycles. The summed E-state index contributed by atoms with van der Waals surface area (Å²) in [6.07, 6.45) is 3.64. The Hall–Kier alpha value is -1.84. The zero-order valence-electron chi connectivity index (χ0n) is 11.5. The highest BCUT2D eigenvalue weighted by atomic mass is 16.4. The average molecular weight is 263 g/mol. The lowest BCUT2D eigenvalue weighted by molar-refractivity contribution is -0.139. The molecule has 0 fully saturated rings. The highest BCUT2D eigenvalue weighted by Crippen LogP contribution is 2.08. The number of amides is 1. The molecule has 1 atom stereocenters. The van der Waals surface area contributed by atoms with Gasteiger partial charge in [-0.25, -0.2) is 4.79 Å². The fourth-order valence-electron chi connectivity index (χ4n) is 1.78. The summed E-state index contributed by atoms with van der Waals surface area (Å²) in [5.41, 5.74) is 1.70. The van der Waals surface area contributed by atoms with Crippen LogP contribution in [0.4, 0.5) is 0 Å². The number of aliphatic carboxylic acids is 1. The van der Waals surface area contributed by atoms with Crippen LogP contribution in [0.2, 0.25) is 0 Å². The molecule has 0 aliphatic heterocycles. The van der Waals surface area contributed by atoms with Crippen LogP contribution in [-0.4, -0.2) is 23.0 Å². The molecule has 2 N–H and O–H groups in total. The largest absolute Gasteiger partial charge is 0.480 e. The normalized spacial score (nSPS) is 11.9. The molecule has 19 heavy (non-hydrogen) atoms. The number of carbonyl (C=O) groups excluding carboxylic acids is 1. The molecular formula is C15H21NO3. The van der Waals surface area contributed by atoms with E-state index in [4.69, 9.17) is 5.11 Å². The molecule has 4 heteroatoms. The van der Waals surface area contributed by atoms with Gasteiger partial charge >= 0.3 is 5.97 Å². The molecule has 0 aliphatic carbocycles. The van der Waals surface area contributed by atoms with E-state index in [1.165, 1.54) is 5.56 Å². The number of benzene rings is 1. The maximum atomic E-state index is 11.9. The number of aryl methyl sites for hydroxylation is 1. The van der Waals surface area contributed by atoms with E-state index in [0.717, 1.165) is 19.3 Å². The second kappa shape index (κ2) is 7.56. The molecule has 0 heterocycles. The molecule has 104 valence electrons. The van der Waals surface area contributed by atoms with Gasteiger partial charge in [0.1, 0.15) is 6.04 Å². The van der Waals surface area contributed by atoms with Gasteiger partial charge in [-0.2, -0.15) is 0 Å². The highest BCUT2D eigenvalue weighted by molar-refractivity contribution is 5.96. The van der Waals surface area contributed by atoms with E-state index in [9.17, 15) is 9.59 Å². The molecule has 0 unspecified atom stereocenters. The molecule has 1 aromatic carbocycles. The topological polar surface area (TPSA) is 66.4 Å². The number of carboxylic acids is 1. The first-order valence-corrected chi connectivity index (χ1v) is 6.71. The number of unbranched alkanes of at least 4 members (excludes halogenated alkanes) is 1. The Morgan fingerprint density at radius 3 is 2.32 bits per heavy atom. The summed E-state index contributed by atoms with van der Waals surface area (Å²) in [5.74, 6) is -1.34. The van der Waals surface area contributed by atoms with Crippen LogP contribution in [0.25, 0.3) is 0 Å². The van der Waals surface area contributed by atoms with Crippen molar-refractivity contribution >= 4 is 11.9 Å². The van der Waals surface area contributed by atoms with E-state index < -0.39 is 12.0 Å². The Bertz CT molecular complexity index is 426.